The Morgan fingerprint density at radius 2 is 2.10 bits per heavy atom. The summed E-state index contributed by atoms with van der Waals surface area (Å²) >= 11 is 0. The molecule has 4 heteroatoms. The number of rotatable bonds is 9. The van der Waals surface area contributed by atoms with E-state index in [4.69, 9.17) is 9.84 Å². The molecule has 0 radical (unpaired) electrons. The van der Waals surface area contributed by atoms with Crippen LogP contribution >= 0.6 is 0 Å². The van der Waals surface area contributed by atoms with Gasteiger partial charge in [-0.15, -0.1) is 0 Å². The molecule has 0 unspecified atom stereocenters. The number of aliphatic hydroxyl groups excluding tert-OH is 1. The second-order valence-corrected chi connectivity index (χ2v) is 4.90. The lowest BCUT2D eigenvalue weighted by atomic mass is 10.1. The van der Waals surface area contributed by atoms with Crippen molar-refractivity contribution < 1.29 is 14.6 Å². The minimum absolute atomic E-state index is 0.156. The molecule has 0 fully saturated rings. The Bertz CT molecular complexity index is 406. The first-order valence-corrected chi connectivity index (χ1v) is 7.21. The van der Waals surface area contributed by atoms with Crippen molar-refractivity contribution in [3.05, 3.63) is 35.4 Å². The maximum Gasteiger partial charge on any atom is 0.337 e. The van der Waals surface area contributed by atoms with Gasteiger partial charge in [-0.25, -0.2) is 4.79 Å². The summed E-state index contributed by atoms with van der Waals surface area (Å²) in [4.78, 5) is 13.7. The molecule has 0 atom stereocenters. The number of ether oxygens (including phenoxy) is 1. The molecule has 0 aliphatic heterocycles. The molecule has 0 spiro atoms. The highest BCUT2D eigenvalue weighted by Gasteiger charge is 2.09. The van der Waals surface area contributed by atoms with Gasteiger partial charge in [0.1, 0.15) is 0 Å². The third-order valence-corrected chi connectivity index (χ3v) is 3.25. The van der Waals surface area contributed by atoms with E-state index in [-0.39, 0.29) is 12.6 Å². The Labute approximate surface area is 121 Å². The van der Waals surface area contributed by atoms with Crippen molar-refractivity contribution in [3.8, 4) is 0 Å². The topological polar surface area (TPSA) is 49.8 Å². The third-order valence-electron chi connectivity index (χ3n) is 3.25. The first-order valence-electron chi connectivity index (χ1n) is 7.21. The van der Waals surface area contributed by atoms with Gasteiger partial charge < -0.3 is 9.84 Å². The number of nitrogens with zero attached hydrogens (tertiary/aromatic N) is 1. The Balaban J connectivity index is 2.64. The lowest BCUT2D eigenvalue weighted by Gasteiger charge is -2.21. The second-order valence-electron chi connectivity index (χ2n) is 4.90. The summed E-state index contributed by atoms with van der Waals surface area (Å²) in [5.41, 5.74) is 1.64. The van der Waals surface area contributed by atoms with Gasteiger partial charge in [-0.3, -0.25) is 4.90 Å². The summed E-state index contributed by atoms with van der Waals surface area (Å²) in [5.74, 6) is -0.313. The van der Waals surface area contributed by atoms with Gasteiger partial charge in [0, 0.05) is 13.1 Å². The van der Waals surface area contributed by atoms with Crippen molar-refractivity contribution >= 4 is 5.97 Å². The predicted molar refractivity (Wildman–Crippen MR) is 79.7 cm³/mol. The van der Waals surface area contributed by atoms with Crippen LogP contribution < -0.4 is 0 Å². The number of hydrogen-bond acceptors (Lipinski definition) is 4. The van der Waals surface area contributed by atoms with E-state index in [2.05, 4.69) is 11.8 Å². The van der Waals surface area contributed by atoms with E-state index in [1.807, 2.05) is 18.2 Å². The van der Waals surface area contributed by atoms with Crippen LogP contribution in [0.25, 0.3) is 0 Å². The smallest absolute Gasteiger partial charge is 0.337 e. The van der Waals surface area contributed by atoms with Crippen molar-refractivity contribution in [2.75, 3.05) is 26.8 Å². The molecule has 0 saturated heterocycles. The van der Waals surface area contributed by atoms with Crippen LogP contribution in [0.15, 0.2) is 24.3 Å². The van der Waals surface area contributed by atoms with Gasteiger partial charge in [0.05, 0.1) is 19.3 Å². The standard InChI is InChI=1S/C16H25NO3/c1-3-4-5-9-17(10-11-18)13-14-7-6-8-15(12-14)16(19)20-2/h6-8,12,18H,3-5,9-11,13H2,1-2H3. The lowest BCUT2D eigenvalue weighted by molar-refractivity contribution is 0.0600. The fourth-order valence-electron chi connectivity index (χ4n) is 2.17. The summed E-state index contributed by atoms with van der Waals surface area (Å²) in [7, 11) is 1.39. The molecule has 0 aromatic heterocycles. The monoisotopic (exact) mass is 279 g/mol. The van der Waals surface area contributed by atoms with Gasteiger partial charge in [-0.05, 0) is 30.7 Å². The molecule has 0 aliphatic carbocycles. The van der Waals surface area contributed by atoms with Crippen LogP contribution in [0.4, 0.5) is 0 Å². The van der Waals surface area contributed by atoms with E-state index in [1.54, 1.807) is 6.07 Å². The number of methoxy groups -OCH3 is 1. The average molecular weight is 279 g/mol. The van der Waals surface area contributed by atoms with Crippen molar-refractivity contribution in [3.63, 3.8) is 0 Å². The van der Waals surface area contributed by atoms with Crippen LogP contribution in [0.1, 0.15) is 42.1 Å². The van der Waals surface area contributed by atoms with Crippen LogP contribution in [0.5, 0.6) is 0 Å². The zero-order chi connectivity index (χ0) is 14.8. The van der Waals surface area contributed by atoms with Gasteiger partial charge in [-0.1, -0.05) is 31.9 Å². The molecule has 1 N–H and O–H groups in total. The predicted octanol–water partition coefficient (Wildman–Crippen LogP) is 2.46. The minimum Gasteiger partial charge on any atom is -0.465 e. The van der Waals surface area contributed by atoms with E-state index in [1.165, 1.54) is 20.0 Å². The fourth-order valence-corrected chi connectivity index (χ4v) is 2.17. The second kappa shape index (κ2) is 9.50. The summed E-state index contributed by atoms with van der Waals surface area (Å²) in [5, 5.41) is 9.14. The van der Waals surface area contributed by atoms with Gasteiger partial charge in [0.2, 0.25) is 0 Å². The normalized spacial score (nSPS) is 10.8. The Morgan fingerprint density at radius 1 is 1.30 bits per heavy atom. The van der Waals surface area contributed by atoms with Crippen molar-refractivity contribution in [1.82, 2.24) is 4.90 Å². The highest BCUT2D eigenvalue weighted by molar-refractivity contribution is 5.89. The molecule has 1 aromatic carbocycles. The quantitative estimate of drug-likeness (QED) is 0.557. The molecule has 0 aliphatic rings. The number of carbonyl (C=O) groups is 1. The number of aliphatic hydroxyl groups is 1. The number of hydrogen-bond donors (Lipinski definition) is 1. The molecule has 1 aromatic rings. The molecular formula is C16H25NO3. The number of carbonyl (C=O) groups excluding carboxylic acids is 1. The van der Waals surface area contributed by atoms with E-state index in [9.17, 15) is 4.79 Å². The van der Waals surface area contributed by atoms with Crippen LogP contribution in [0.3, 0.4) is 0 Å². The summed E-state index contributed by atoms with van der Waals surface area (Å²) in [6.07, 6.45) is 3.52. The first kappa shape index (κ1) is 16.7. The Hall–Kier alpha value is -1.39. The van der Waals surface area contributed by atoms with Gasteiger partial charge >= 0.3 is 5.97 Å². The van der Waals surface area contributed by atoms with Crippen molar-refractivity contribution in [1.29, 1.82) is 0 Å². The zero-order valence-corrected chi connectivity index (χ0v) is 12.5. The van der Waals surface area contributed by atoms with E-state index in [0.29, 0.717) is 12.1 Å². The Kier molecular flexibility index (Phi) is 7.92. The molecule has 4 nitrogen and oxygen atoms in total. The van der Waals surface area contributed by atoms with Crippen LogP contribution in [-0.2, 0) is 11.3 Å². The fraction of sp³-hybridized carbons (Fsp3) is 0.562. The summed E-state index contributed by atoms with van der Waals surface area (Å²) in [6.45, 7) is 4.71. The minimum atomic E-state index is -0.313. The SMILES string of the molecule is CCCCCN(CCO)Cc1cccc(C(=O)OC)c1. The third kappa shape index (κ3) is 5.72. The summed E-state index contributed by atoms with van der Waals surface area (Å²) < 4.78 is 4.73. The van der Waals surface area contributed by atoms with Crippen LogP contribution in [-0.4, -0.2) is 42.8 Å². The highest BCUT2D eigenvalue weighted by atomic mass is 16.5. The van der Waals surface area contributed by atoms with Crippen LogP contribution in [0.2, 0.25) is 0 Å². The molecular weight excluding hydrogens is 254 g/mol. The molecule has 0 bridgehead atoms. The maximum atomic E-state index is 11.5. The molecule has 0 heterocycles. The molecule has 20 heavy (non-hydrogen) atoms. The molecule has 0 amide bonds. The lowest BCUT2D eigenvalue weighted by Crippen LogP contribution is -2.27. The average Bonchev–Trinajstić information content (AvgIpc) is 2.47. The first-order chi connectivity index (χ1) is 9.71. The zero-order valence-electron chi connectivity index (χ0n) is 12.5. The molecule has 112 valence electrons. The summed E-state index contributed by atoms with van der Waals surface area (Å²) in [6, 6.07) is 7.47. The number of benzene rings is 1. The van der Waals surface area contributed by atoms with Crippen LogP contribution in [0, 0.1) is 0 Å². The van der Waals surface area contributed by atoms with Crippen molar-refractivity contribution in [2.24, 2.45) is 0 Å². The van der Waals surface area contributed by atoms with E-state index < -0.39 is 0 Å². The van der Waals surface area contributed by atoms with E-state index >= 15 is 0 Å². The maximum absolute atomic E-state index is 11.5. The van der Waals surface area contributed by atoms with Gasteiger partial charge in [-0.2, -0.15) is 0 Å². The van der Waals surface area contributed by atoms with Gasteiger partial charge in [0.25, 0.3) is 0 Å². The van der Waals surface area contributed by atoms with Crippen molar-refractivity contribution in [2.45, 2.75) is 32.7 Å². The molecule has 1 rings (SSSR count). The van der Waals surface area contributed by atoms with Gasteiger partial charge in [0.15, 0.2) is 0 Å². The number of unbranched alkanes of at least 4 members (excludes halogenated alkanes) is 2. The van der Waals surface area contributed by atoms with E-state index in [0.717, 1.165) is 25.1 Å². The Morgan fingerprint density at radius 3 is 2.75 bits per heavy atom. The highest BCUT2D eigenvalue weighted by Crippen LogP contribution is 2.10. The largest absolute Gasteiger partial charge is 0.465 e. The molecule has 0 saturated carbocycles. The number of esters is 1.